The van der Waals surface area contributed by atoms with Crippen molar-refractivity contribution in [2.45, 2.75) is 12.3 Å². The van der Waals surface area contributed by atoms with Crippen LogP contribution in [0.1, 0.15) is 27.8 Å². The van der Waals surface area contributed by atoms with Crippen LogP contribution in [0, 0.1) is 6.92 Å². The SMILES string of the molecule is Cc1ccc2c(c1)C(c1ccccc1)(c1ccccc1)c1cc(N(c3ccccc3)c3ccc(-c4ccccc4)cc3)c3ccccc3c1-2. The Hall–Kier alpha value is -6.18. The largest absolute Gasteiger partial charge is 0.310 e. The molecule has 49 heavy (non-hydrogen) atoms. The molecule has 9 rings (SSSR count). The van der Waals surface area contributed by atoms with E-state index in [0.717, 1.165) is 17.1 Å². The van der Waals surface area contributed by atoms with E-state index in [4.69, 9.17) is 0 Å². The van der Waals surface area contributed by atoms with E-state index < -0.39 is 5.41 Å². The highest BCUT2D eigenvalue weighted by atomic mass is 15.1. The lowest BCUT2D eigenvalue weighted by Gasteiger charge is -2.35. The van der Waals surface area contributed by atoms with E-state index in [1.165, 1.54) is 60.8 Å². The highest BCUT2D eigenvalue weighted by Crippen LogP contribution is 2.59. The zero-order valence-electron chi connectivity index (χ0n) is 27.4. The summed E-state index contributed by atoms with van der Waals surface area (Å²) < 4.78 is 0. The fraction of sp³-hybridized carbons (Fsp3) is 0.0417. The Kier molecular flexibility index (Phi) is 6.99. The van der Waals surface area contributed by atoms with Gasteiger partial charge < -0.3 is 4.90 Å². The Labute approximate surface area is 288 Å². The highest BCUT2D eigenvalue weighted by molar-refractivity contribution is 6.11. The van der Waals surface area contributed by atoms with Gasteiger partial charge in [0.05, 0.1) is 11.1 Å². The van der Waals surface area contributed by atoms with E-state index in [9.17, 15) is 0 Å². The summed E-state index contributed by atoms with van der Waals surface area (Å²) in [4.78, 5) is 2.44. The molecule has 0 aliphatic heterocycles. The quantitative estimate of drug-likeness (QED) is 0.178. The van der Waals surface area contributed by atoms with Gasteiger partial charge in [0.2, 0.25) is 0 Å². The maximum Gasteiger partial charge on any atom is 0.0714 e. The average Bonchev–Trinajstić information content (AvgIpc) is 3.47. The van der Waals surface area contributed by atoms with Crippen LogP contribution in [0.25, 0.3) is 33.0 Å². The van der Waals surface area contributed by atoms with E-state index in [2.05, 4.69) is 206 Å². The number of hydrogen-bond donors (Lipinski definition) is 0. The molecule has 1 aliphatic carbocycles. The predicted octanol–water partition coefficient (Wildman–Crippen LogP) is 12.6. The summed E-state index contributed by atoms with van der Waals surface area (Å²) in [6.07, 6.45) is 0. The molecule has 0 fully saturated rings. The lowest BCUT2D eigenvalue weighted by molar-refractivity contribution is 0.768. The number of fused-ring (bicyclic) bond motifs is 5. The molecule has 0 amide bonds. The van der Waals surface area contributed by atoms with Crippen LogP contribution < -0.4 is 4.90 Å². The third-order valence-electron chi connectivity index (χ3n) is 10.2. The lowest BCUT2D eigenvalue weighted by Crippen LogP contribution is -2.29. The lowest BCUT2D eigenvalue weighted by atomic mass is 9.67. The van der Waals surface area contributed by atoms with Gasteiger partial charge in [-0.3, -0.25) is 0 Å². The van der Waals surface area contributed by atoms with Crippen LogP contribution in [0.2, 0.25) is 0 Å². The molecule has 0 unspecified atom stereocenters. The molecule has 0 N–H and O–H groups in total. The Balaban J connectivity index is 1.38. The monoisotopic (exact) mass is 625 g/mol. The number of aryl methyl sites for hydroxylation is 1. The molecule has 1 heteroatoms. The second-order valence-corrected chi connectivity index (χ2v) is 13.0. The maximum absolute atomic E-state index is 2.49. The zero-order valence-corrected chi connectivity index (χ0v) is 27.4. The Morgan fingerprint density at radius 3 is 1.55 bits per heavy atom. The van der Waals surface area contributed by atoms with E-state index >= 15 is 0 Å². The molecule has 8 aromatic rings. The van der Waals surface area contributed by atoms with E-state index in [0.29, 0.717) is 0 Å². The molecule has 0 bridgehead atoms. The molecule has 0 aromatic heterocycles. The maximum atomic E-state index is 2.49. The van der Waals surface area contributed by atoms with Crippen molar-refractivity contribution in [3.05, 3.63) is 222 Å². The molecule has 0 radical (unpaired) electrons. The molecule has 0 saturated carbocycles. The first kappa shape index (κ1) is 29.0. The van der Waals surface area contributed by atoms with Gasteiger partial charge in [-0.1, -0.05) is 169 Å². The minimum Gasteiger partial charge on any atom is -0.310 e. The smallest absolute Gasteiger partial charge is 0.0714 e. The minimum atomic E-state index is -0.502. The van der Waals surface area contributed by atoms with E-state index in [-0.39, 0.29) is 0 Å². The third kappa shape index (κ3) is 4.62. The number of rotatable bonds is 6. The molecule has 0 spiro atoms. The molecular weight excluding hydrogens is 591 g/mol. The van der Waals surface area contributed by atoms with Gasteiger partial charge in [-0.2, -0.15) is 0 Å². The van der Waals surface area contributed by atoms with Crippen molar-refractivity contribution < 1.29 is 0 Å². The van der Waals surface area contributed by atoms with Crippen LogP contribution in [-0.2, 0) is 5.41 Å². The number of benzene rings is 8. The van der Waals surface area contributed by atoms with Gasteiger partial charge in [-0.25, -0.2) is 0 Å². The molecular formula is C48H35N. The normalized spacial score (nSPS) is 12.8. The predicted molar refractivity (Wildman–Crippen MR) is 206 cm³/mol. The van der Waals surface area contributed by atoms with Gasteiger partial charge in [-0.15, -0.1) is 0 Å². The number of nitrogens with zero attached hydrogens (tertiary/aromatic N) is 1. The Morgan fingerprint density at radius 1 is 0.408 bits per heavy atom. The topological polar surface area (TPSA) is 3.24 Å². The minimum absolute atomic E-state index is 0.502. The summed E-state index contributed by atoms with van der Waals surface area (Å²) in [5.41, 5.74) is 14.4. The fourth-order valence-corrected chi connectivity index (χ4v) is 8.06. The molecule has 0 atom stereocenters. The van der Waals surface area contributed by atoms with Crippen LogP contribution in [-0.4, -0.2) is 0 Å². The fourth-order valence-electron chi connectivity index (χ4n) is 8.06. The zero-order chi connectivity index (χ0) is 32.8. The standard InChI is InChI=1S/C48H35N/c1-34-26-31-43-44(32-34)48(37-18-8-3-9-19-37,38-20-10-4-11-21-38)45-33-46(41-24-14-15-25-42(41)47(43)45)49(39-22-12-5-13-23-39)40-29-27-36(28-30-40)35-16-6-2-7-17-35/h2-33H,1H3. The second kappa shape index (κ2) is 11.8. The van der Waals surface area contributed by atoms with Crippen LogP contribution in [0.5, 0.6) is 0 Å². The molecule has 232 valence electrons. The molecule has 0 heterocycles. The van der Waals surface area contributed by atoms with Gasteiger partial charge in [0.25, 0.3) is 0 Å². The highest BCUT2D eigenvalue weighted by Gasteiger charge is 2.47. The first-order valence-corrected chi connectivity index (χ1v) is 17.0. The van der Waals surface area contributed by atoms with Crippen LogP contribution in [0.15, 0.2) is 194 Å². The average molecular weight is 626 g/mol. The third-order valence-corrected chi connectivity index (χ3v) is 10.2. The van der Waals surface area contributed by atoms with Gasteiger partial charge >= 0.3 is 0 Å². The summed E-state index contributed by atoms with van der Waals surface area (Å²) in [5, 5.41) is 2.48. The number of hydrogen-bond acceptors (Lipinski definition) is 1. The van der Waals surface area contributed by atoms with Crippen LogP contribution >= 0.6 is 0 Å². The summed E-state index contributed by atoms with van der Waals surface area (Å²) in [6.45, 7) is 2.21. The van der Waals surface area contributed by atoms with Crippen molar-refractivity contribution in [2.24, 2.45) is 0 Å². The van der Waals surface area contributed by atoms with Crippen molar-refractivity contribution in [1.29, 1.82) is 0 Å². The molecule has 1 nitrogen and oxygen atoms in total. The van der Waals surface area contributed by atoms with Crippen molar-refractivity contribution in [1.82, 2.24) is 0 Å². The summed E-state index contributed by atoms with van der Waals surface area (Å²) in [7, 11) is 0. The molecule has 0 saturated heterocycles. The van der Waals surface area contributed by atoms with Crippen molar-refractivity contribution in [2.75, 3.05) is 4.90 Å². The second-order valence-electron chi connectivity index (χ2n) is 13.0. The van der Waals surface area contributed by atoms with Crippen LogP contribution in [0.3, 0.4) is 0 Å². The van der Waals surface area contributed by atoms with Crippen molar-refractivity contribution in [3.8, 4) is 22.3 Å². The van der Waals surface area contributed by atoms with Crippen molar-refractivity contribution in [3.63, 3.8) is 0 Å². The van der Waals surface area contributed by atoms with Gasteiger partial charge in [-0.05, 0) is 87.1 Å². The summed E-state index contributed by atoms with van der Waals surface area (Å²) >= 11 is 0. The summed E-state index contributed by atoms with van der Waals surface area (Å²) in [6, 6.07) is 71.1. The van der Waals surface area contributed by atoms with Crippen molar-refractivity contribution >= 4 is 27.8 Å². The number of anilines is 3. The first-order chi connectivity index (χ1) is 24.2. The summed E-state index contributed by atoms with van der Waals surface area (Å²) in [5.74, 6) is 0. The van der Waals surface area contributed by atoms with Gasteiger partial charge in [0.1, 0.15) is 0 Å². The first-order valence-electron chi connectivity index (χ1n) is 17.0. The van der Waals surface area contributed by atoms with E-state index in [1.54, 1.807) is 0 Å². The van der Waals surface area contributed by atoms with Crippen LogP contribution in [0.4, 0.5) is 17.1 Å². The van der Waals surface area contributed by atoms with Gasteiger partial charge in [0.15, 0.2) is 0 Å². The Bertz CT molecular complexity index is 2370. The molecule has 8 aromatic carbocycles. The van der Waals surface area contributed by atoms with Gasteiger partial charge in [0, 0.05) is 16.8 Å². The number of para-hydroxylation sites is 1. The Morgan fingerprint density at radius 2 is 0.918 bits per heavy atom. The molecule has 1 aliphatic rings. The van der Waals surface area contributed by atoms with E-state index in [1.807, 2.05) is 0 Å².